The van der Waals surface area contributed by atoms with Crippen LogP contribution in [0.1, 0.15) is 11.3 Å². The second kappa shape index (κ2) is 6.15. The Balaban J connectivity index is 2.17. The summed E-state index contributed by atoms with van der Waals surface area (Å²) in [7, 11) is 0. The predicted octanol–water partition coefficient (Wildman–Crippen LogP) is 5.72. The van der Waals surface area contributed by atoms with Gasteiger partial charge in [0.1, 0.15) is 0 Å². The molecular formula is C17H9F7N2. The topological polar surface area (TPSA) is 17.8 Å². The molecule has 3 aromatic rings. The van der Waals surface area contributed by atoms with E-state index in [2.05, 4.69) is 5.10 Å². The highest BCUT2D eigenvalue weighted by Crippen LogP contribution is 2.39. The van der Waals surface area contributed by atoms with Crippen LogP contribution in [0.25, 0.3) is 16.8 Å². The van der Waals surface area contributed by atoms with E-state index in [1.807, 2.05) is 0 Å². The molecule has 0 amide bonds. The maximum atomic E-state index is 14.7. The monoisotopic (exact) mass is 374 g/mol. The summed E-state index contributed by atoms with van der Waals surface area (Å²) in [6, 6.07) is 9.99. The van der Waals surface area contributed by atoms with E-state index in [1.165, 1.54) is 24.3 Å². The molecule has 1 aromatic heterocycles. The zero-order valence-corrected chi connectivity index (χ0v) is 12.7. The molecule has 0 aliphatic carbocycles. The first-order chi connectivity index (χ1) is 12.1. The number of hydrogen-bond acceptors (Lipinski definition) is 1. The van der Waals surface area contributed by atoms with Gasteiger partial charge in [0.25, 0.3) is 0 Å². The van der Waals surface area contributed by atoms with Gasteiger partial charge in [-0.25, -0.2) is 4.68 Å². The van der Waals surface area contributed by atoms with E-state index >= 15 is 0 Å². The third-order valence-electron chi connectivity index (χ3n) is 3.60. The molecule has 0 spiro atoms. The van der Waals surface area contributed by atoms with E-state index in [9.17, 15) is 30.7 Å². The van der Waals surface area contributed by atoms with Crippen molar-refractivity contribution in [3.63, 3.8) is 0 Å². The Bertz CT molecular complexity index is 907. The van der Waals surface area contributed by atoms with Crippen LogP contribution in [0.2, 0.25) is 0 Å². The van der Waals surface area contributed by atoms with Gasteiger partial charge in [-0.2, -0.15) is 35.8 Å². The molecule has 0 atom stereocenters. The van der Waals surface area contributed by atoms with Crippen molar-refractivity contribution in [2.24, 2.45) is 0 Å². The lowest BCUT2D eigenvalue weighted by atomic mass is 10.1. The van der Waals surface area contributed by atoms with E-state index in [0.717, 1.165) is 12.1 Å². The van der Waals surface area contributed by atoms with E-state index in [-0.39, 0.29) is 11.3 Å². The van der Waals surface area contributed by atoms with Crippen LogP contribution in [0.5, 0.6) is 0 Å². The van der Waals surface area contributed by atoms with Gasteiger partial charge in [-0.3, -0.25) is 0 Å². The van der Waals surface area contributed by atoms with Crippen LogP contribution in [-0.2, 0) is 12.4 Å². The highest BCUT2D eigenvalue weighted by atomic mass is 19.4. The fraction of sp³-hybridized carbons (Fsp3) is 0.118. The van der Waals surface area contributed by atoms with Crippen LogP contribution >= 0.6 is 0 Å². The second-order valence-electron chi connectivity index (χ2n) is 5.33. The summed E-state index contributed by atoms with van der Waals surface area (Å²) in [4.78, 5) is 0. The molecule has 3 rings (SSSR count). The number of alkyl halides is 6. The smallest absolute Gasteiger partial charge is 0.206 e. The van der Waals surface area contributed by atoms with Crippen molar-refractivity contribution in [3.05, 3.63) is 71.8 Å². The highest BCUT2D eigenvalue weighted by Gasteiger charge is 2.40. The van der Waals surface area contributed by atoms with Gasteiger partial charge in [-0.15, -0.1) is 0 Å². The molecule has 0 saturated carbocycles. The number of benzene rings is 2. The number of aromatic nitrogens is 2. The minimum Gasteiger partial charge on any atom is -0.206 e. The van der Waals surface area contributed by atoms with Gasteiger partial charge in [0.2, 0.25) is 5.95 Å². The van der Waals surface area contributed by atoms with E-state index in [0.29, 0.717) is 16.8 Å². The standard InChI is InChI=1S/C17H9F7N2/c18-15-13(10-4-2-1-3-5-10)14(17(22,23)24)25-26(15)12-8-6-11(7-9-12)16(19,20)21/h1-9H. The molecule has 1 heterocycles. The number of nitrogens with zero attached hydrogens (tertiary/aromatic N) is 2. The Morgan fingerprint density at radius 1 is 0.731 bits per heavy atom. The van der Waals surface area contributed by atoms with Crippen molar-refractivity contribution in [2.45, 2.75) is 12.4 Å². The molecule has 0 bridgehead atoms. The number of hydrogen-bond donors (Lipinski definition) is 0. The van der Waals surface area contributed by atoms with Crippen molar-refractivity contribution in [1.82, 2.24) is 9.78 Å². The third kappa shape index (κ3) is 3.29. The summed E-state index contributed by atoms with van der Waals surface area (Å²) in [5.41, 5.74) is -3.54. The average Bonchev–Trinajstić information content (AvgIpc) is 2.92. The van der Waals surface area contributed by atoms with Crippen LogP contribution in [0.15, 0.2) is 54.6 Å². The van der Waals surface area contributed by atoms with E-state index in [1.54, 1.807) is 6.07 Å². The molecular weight excluding hydrogens is 365 g/mol. The summed E-state index contributed by atoms with van der Waals surface area (Å²) in [6.45, 7) is 0. The molecule has 2 aromatic carbocycles. The number of halogens is 7. The van der Waals surface area contributed by atoms with Gasteiger partial charge >= 0.3 is 12.4 Å². The fourth-order valence-electron chi connectivity index (χ4n) is 2.42. The molecule has 0 saturated heterocycles. The van der Waals surface area contributed by atoms with Gasteiger partial charge in [-0.05, 0) is 29.8 Å². The molecule has 26 heavy (non-hydrogen) atoms. The quantitative estimate of drug-likeness (QED) is 0.525. The molecule has 0 aliphatic rings. The van der Waals surface area contributed by atoms with Gasteiger partial charge in [-0.1, -0.05) is 30.3 Å². The lowest BCUT2D eigenvalue weighted by molar-refractivity contribution is -0.141. The Labute approximate surface area is 142 Å². The molecule has 0 fully saturated rings. The average molecular weight is 374 g/mol. The Morgan fingerprint density at radius 2 is 1.31 bits per heavy atom. The maximum absolute atomic E-state index is 14.7. The molecule has 0 radical (unpaired) electrons. The van der Waals surface area contributed by atoms with Crippen molar-refractivity contribution < 1.29 is 30.7 Å². The minimum atomic E-state index is -4.94. The Kier molecular flexibility index (Phi) is 4.25. The molecule has 9 heteroatoms. The number of rotatable bonds is 2. The summed E-state index contributed by atoms with van der Waals surface area (Å²) in [5.74, 6) is -1.32. The van der Waals surface area contributed by atoms with Crippen LogP contribution < -0.4 is 0 Å². The molecule has 0 unspecified atom stereocenters. The lowest BCUT2D eigenvalue weighted by Gasteiger charge is -2.08. The predicted molar refractivity (Wildman–Crippen MR) is 79.0 cm³/mol. The Morgan fingerprint density at radius 3 is 1.81 bits per heavy atom. The maximum Gasteiger partial charge on any atom is 0.435 e. The van der Waals surface area contributed by atoms with Gasteiger partial charge < -0.3 is 0 Å². The first-order valence-electron chi connectivity index (χ1n) is 7.18. The minimum absolute atomic E-state index is 0.0458. The van der Waals surface area contributed by atoms with Gasteiger partial charge in [0, 0.05) is 0 Å². The summed E-state index contributed by atoms with van der Waals surface area (Å²) in [6.07, 6.45) is -9.56. The van der Waals surface area contributed by atoms with Gasteiger partial charge in [0.15, 0.2) is 5.69 Å². The lowest BCUT2D eigenvalue weighted by Crippen LogP contribution is -2.09. The molecule has 0 aliphatic heterocycles. The van der Waals surface area contributed by atoms with Crippen LogP contribution in [0, 0.1) is 5.95 Å². The normalized spacial score (nSPS) is 12.4. The zero-order valence-electron chi connectivity index (χ0n) is 12.7. The first kappa shape index (κ1) is 18.0. The van der Waals surface area contributed by atoms with E-state index < -0.39 is 35.1 Å². The molecule has 136 valence electrons. The SMILES string of the molecule is Fc1c(-c2ccccc2)c(C(F)(F)F)nn1-c1ccc(C(F)(F)F)cc1. The van der Waals surface area contributed by atoms with Crippen molar-refractivity contribution in [1.29, 1.82) is 0 Å². The summed E-state index contributed by atoms with van der Waals surface area (Å²) in [5, 5.41) is 3.25. The van der Waals surface area contributed by atoms with Crippen LogP contribution in [0.4, 0.5) is 30.7 Å². The highest BCUT2D eigenvalue weighted by molar-refractivity contribution is 5.67. The second-order valence-corrected chi connectivity index (χ2v) is 5.33. The van der Waals surface area contributed by atoms with Crippen molar-refractivity contribution in [3.8, 4) is 16.8 Å². The Hall–Kier alpha value is -2.84. The van der Waals surface area contributed by atoms with Crippen LogP contribution in [0.3, 0.4) is 0 Å². The van der Waals surface area contributed by atoms with Gasteiger partial charge in [0.05, 0.1) is 16.8 Å². The fourth-order valence-corrected chi connectivity index (χ4v) is 2.42. The molecule has 0 N–H and O–H groups in total. The van der Waals surface area contributed by atoms with Crippen LogP contribution in [-0.4, -0.2) is 9.78 Å². The zero-order chi connectivity index (χ0) is 19.1. The third-order valence-corrected chi connectivity index (χ3v) is 3.60. The van der Waals surface area contributed by atoms with Crippen molar-refractivity contribution in [2.75, 3.05) is 0 Å². The van der Waals surface area contributed by atoms with Crippen molar-refractivity contribution >= 4 is 0 Å². The summed E-state index contributed by atoms with van der Waals surface area (Å²) < 4.78 is 92.7. The van der Waals surface area contributed by atoms with E-state index in [4.69, 9.17) is 0 Å². The summed E-state index contributed by atoms with van der Waals surface area (Å²) >= 11 is 0. The molecule has 2 nitrogen and oxygen atoms in total. The first-order valence-corrected chi connectivity index (χ1v) is 7.18. The largest absolute Gasteiger partial charge is 0.435 e.